The first kappa shape index (κ1) is 15.5. The monoisotopic (exact) mass is 322 g/mol. The number of fused-ring (bicyclic) bond motifs is 1. The molecule has 4 heteroatoms. The molecule has 0 unspecified atom stereocenters. The number of likely N-dealkylation sites (N-methyl/N-ethyl adjacent to an activating group) is 1. The Balaban J connectivity index is 1.59. The number of hydrogen-bond donors (Lipinski definition) is 1. The van der Waals surface area contributed by atoms with E-state index in [1.807, 2.05) is 6.20 Å². The lowest BCUT2D eigenvalue weighted by atomic mass is 9.86. The van der Waals surface area contributed by atoms with Crippen LogP contribution in [0.1, 0.15) is 20.3 Å². The van der Waals surface area contributed by atoms with Crippen LogP contribution >= 0.6 is 0 Å². The molecule has 3 heterocycles. The summed E-state index contributed by atoms with van der Waals surface area (Å²) in [5.41, 5.74) is 2.54. The van der Waals surface area contributed by atoms with Crippen LogP contribution in [0.5, 0.6) is 0 Å². The number of rotatable bonds is 2. The summed E-state index contributed by atoms with van der Waals surface area (Å²) in [5.74, 6) is 1.09. The van der Waals surface area contributed by atoms with Crippen LogP contribution in [0.2, 0.25) is 0 Å². The number of pyridine rings is 1. The molecule has 4 rings (SSSR count). The first-order valence-corrected chi connectivity index (χ1v) is 8.82. The van der Waals surface area contributed by atoms with Gasteiger partial charge in [-0.15, -0.1) is 0 Å². The van der Waals surface area contributed by atoms with Crippen molar-refractivity contribution in [1.29, 1.82) is 0 Å². The van der Waals surface area contributed by atoms with Gasteiger partial charge in [-0.2, -0.15) is 0 Å². The van der Waals surface area contributed by atoms with Crippen molar-refractivity contribution in [2.45, 2.75) is 20.3 Å². The second kappa shape index (κ2) is 5.78. The van der Waals surface area contributed by atoms with E-state index in [9.17, 15) is 0 Å². The van der Waals surface area contributed by atoms with E-state index in [-0.39, 0.29) is 5.41 Å². The largest absolute Gasteiger partial charge is 0.355 e. The van der Waals surface area contributed by atoms with E-state index in [0.717, 1.165) is 49.7 Å². The number of H-pyrrole nitrogens is 1. The summed E-state index contributed by atoms with van der Waals surface area (Å²) in [4.78, 5) is 13.0. The predicted octanol–water partition coefficient (Wildman–Crippen LogP) is 1.82. The van der Waals surface area contributed by atoms with E-state index in [2.05, 4.69) is 66.0 Å². The third-order valence-electron chi connectivity index (χ3n) is 5.15. The van der Waals surface area contributed by atoms with Crippen molar-refractivity contribution < 1.29 is 0 Å². The number of aromatic nitrogens is 2. The van der Waals surface area contributed by atoms with Gasteiger partial charge >= 0.3 is 0 Å². The second-order valence-corrected chi connectivity index (χ2v) is 7.79. The maximum absolute atomic E-state index is 4.71. The highest BCUT2D eigenvalue weighted by Gasteiger charge is 2.17. The van der Waals surface area contributed by atoms with Crippen molar-refractivity contribution in [3.05, 3.63) is 35.0 Å². The lowest BCUT2D eigenvalue weighted by Gasteiger charge is -2.33. The molecule has 1 saturated heterocycles. The van der Waals surface area contributed by atoms with Gasteiger partial charge in [0.25, 0.3) is 0 Å². The highest BCUT2D eigenvalue weighted by Crippen LogP contribution is 2.24. The zero-order chi connectivity index (χ0) is 16.7. The number of hydrogen-bond acceptors (Lipinski definition) is 3. The summed E-state index contributed by atoms with van der Waals surface area (Å²) >= 11 is 0. The molecule has 24 heavy (non-hydrogen) atoms. The fourth-order valence-corrected chi connectivity index (χ4v) is 3.52. The molecule has 126 valence electrons. The van der Waals surface area contributed by atoms with Crippen LogP contribution in [0.25, 0.3) is 23.4 Å². The van der Waals surface area contributed by atoms with E-state index in [1.165, 1.54) is 10.6 Å². The van der Waals surface area contributed by atoms with Crippen LogP contribution in [-0.2, 0) is 0 Å². The molecule has 2 aromatic heterocycles. The standard InChI is InChI=1S/C20H26N4/c1-20(2)7-6-15-12-17(22-18(15)13-20)16-4-5-19(21-14-16)24-10-8-23(3)9-11-24/h4-6,12-14,22H,7-11H2,1-3H3. The highest BCUT2D eigenvalue weighted by atomic mass is 15.3. The first-order valence-electron chi connectivity index (χ1n) is 8.82. The third kappa shape index (κ3) is 2.98. The Labute approximate surface area is 143 Å². The Bertz CT molecular complexity index is 837. The summed E-state index contributed by atoms with van der Waals surface area (Å²) in [5, 5.41) is 2.55. The maximum Gasteiger partial charge on any atom is 0.128 e. The fourth-order valence-electron chi connectivity index (χ4n) is 3.52. The second-order valence-electron chi connectivity index (χ2n) is 7.79. The maximum atomic E-state index is 4.71. The molecule has 0 aromatic carbocycles. The van der Waals surface area contributed by atoms with Crippen LogP contribution in [0.15, 0.2) is 24.4 Å². The van der Waals surface area contributed by atoms with E-state index < -0.39 is 0 Å². The van der Waals surface area contributed by atoms with Crippen molar-refractivity contribution >= 4 is 18.0 Å². The Morgan fingerprint density at radius 1 is 1.12 bits per heavy atom. The molecule has 2 aliphatic rings. The molecule has 1 aliphatic carbocycles. The van der Waals surface area contributed by atoms with Gasteiger partial charge in [-0.1, -0.05) is 26.0 Å². The number of anilines is 1. The molecule has 1 N–H and O–H groups in total. The molecular weight excluding hydrogens is 296 g/mol. The van der Waals surface area contributed by atoms with Crippen molar-refractivity contribution in [1.82, 2.24) is 14.9 Å². The quantitative estimate of drug-likeness (QED) is 0.916. The minimum atomic E-state index is 0.235. The fraction of sp³-hybridized carbons (Fsp3) is 0.450. The van der Waals surface area contributed by atoms with Crippen LogP contribution in [0, 0.1) is 5.41 Å². The third-order valence-corrected chi connectivity index (χ3v) is 5.15. The summed E-state index contributed by atoms with van der Waals surface area (Å²) in [6.07, 6.45) is 7.77. The first-order chi connectivity index (χ1) is 11.5. The van der Waals surface area contributed by atoms with Gasteiger partial charge < -0.3 is 14.8 Å². The number of aromatic amines is 1. The van der Waals surface area contributed by atoms with Crippen molar-refractivity contribution in [3.63, 3.8) is 0 Å². The average Bonchev–Trinajstić information content (AvgIpc) is 2.97. The van der Waals surface area contributed by atoms with E-state index in [4.69, 9.17) is 4.98 Å². The summed E-state index contributed by atoms with van der Waals surface area (Å²) in [6.45, 7) is 8.87. The Hall–Kier alpha value is -2.07. The SMILES string of the molecule is CN1CCN(c2ccc(-c3cc4c([nH]3)=CC(C)(C)CC=4)cn2)CC1. The van der Waals surface area contributed by atoms with E-state index in [1.54, 1.807) is 0 Å². The van der Waals surface area contributed by atoms with Gasteiger partial charge in [0.1, 0.15) is 5.82 Å². The van der Waals surface area contributed by atoms with Crippen molar-refractivity contribution in [2.24, 2.45) is 5.41 Å². The van der Waals surface area contributed by atoms with Gasteiger partial charge in [-0.25, -0.2) is 4.98 Å². The Morgan fingerprint density at radius 2 is 1.92 bits per heavy atom. The minimum absolute atomic E-state index is 0.235. The average molecular weight is 322 g/mol. The Morgan fingerprint density at radius 3 is 2.62 bits per heavy atom. The molecule has 0 spiro atoms. The smallest absolute Gasteiger partial charge is 0.128 e. The molecule has 1 fully saturated rings. The molecular formula is C20H26N4. The van der Waals surface area contributed by atoms with Gasteiger partial charge in [0.2, 0.25) is 0 Å². The number of nitrogens with zero attached hydrogens (tertiary/aromatic N) is 3. The van der Waals surface area contributed by atoms with Crippen LogP contribution in [0.4, 0.5) is 5.82 Å². The molecule has 0 radical (unpaired) electrons. The molecule has 0 atom stereocenters. The molecule has 1 aliphatic heterocycles. The molecule has 0 bridgehead atoms. The zero-order valence-electron chi connectivity index (χ0n) is 14.8. The summed E-state index contributed by atoms with van der Waals surface area (Å²) in [6, 6.07) is 6.58. The van der Waals surface area contributed by atoms with Gasteiger partial charge in [0.15, 0.2) is 0 Å². The number of nitrogens with one attached hydrogen (secondary N) is 1. The topological polar surface area (TPSA) is 35.2 Å². The van der Waals surface area contributed by atoms with E-state index in [0.29, 0.717) is 0 Å². The predicted molar refractivity (Wildman–Crippen MR) is 100 cm³/mol. The van der Waals surface area contributed by atoms with Crippen molar-refractivity contribution in [3.8, 4) is 11.3 Å². The molecule has 0 saturated carbocycles. The number of piperazine rings is 1. The molecule has 4 nitrogen and oxygen atoms in total. The van der Waals surface area contributed by atoms with Gasteiger partial charge in [0, 0.05) is 49.0 Å². The van der Waals surface area contributed by atoms with Gasteiger partial charge in [-0.05, 0) is 42.3 Å². The van der Waals surface area contributed by atoms with Gasteiger partial charge in [0.05, 0.1) is 0 Å². The van der Waals surface area contributed by atoms with E-state index >= 15 is 0 Å². The highest BCUT2D eigenvalue weighted by molar-refractivity contribution is 5.62. The van der Waals surface area contributed by atoms with Crippen LogP contribution in [0.3, 0.4) is 0 Å². The molecule has 2 aromatic rings. The van der Waals surface area contributed by atoms with Crippen LogP contribution in [-0.4, -0.2) is 48.1 Å². The van der Waals surface area contributed by atoms with Crippen LogP contribution < -0.4 is 15.5 Å². The Kier molecular flexibility index (Phi) is 3.72. The zero-order valence-corrected chi connectivity index (χ0v) is 14.8. The van der Waals surface area contributed by atoms with Crippen molar-refractivity contribution in [2.75, 3.05) is 38.1 Å². The lowest BCUT2D eigenvalue weighted by molar-refractivity contribution is 0.312. The van der Waals surface area contributed by atoms with Gasteiger partial charge in [-0.3, -0.25) is 0 Å². The molecule has 0 amide bonds. The summed E-state index contributed by atoms with van der Waals surface area (Å²) in [7, 11) is 2.18. The lowest BCUT2D eigenvalue weighted by Crippen LogP contribution is -2.44. The normalized spacial score (nSPS) is 20.2. The summed E-state index contributed by atoms with van der Waals surface area (Å²) < 4.78 is 0. The minimum Gasteiger partial charge on any atom is -0.355 e.